The summed E-state index contributed by atoms with van der Waals surface area (Å²) >= 11 is 0. The topological polar surface area (TPSA) is 68.0 Å². The van der Waals surface area contributed by atoms with Crippen molar-refractivity contribution in [3.8, 4) is 11.5 Å². The summed E-state index contributed by atoms with van der Waals surface area (Å²) in [6.45, 7) is 4.06. The predicted molar refractivity (Wildman–Crippen MR) is 126 cm³/mol. The van der Waals surface area contributed by atoms with Crippen LogP contribution in [0, 0.1) is 5.92 Å². The normalized spacial score (nSPS) is 11.1. The maximum atomic E-state index is 12.3. The van der Waals surface area contributed by atoms with Crippen LogP contribution in [-0.2, 0) is 4.79 Å². The van der Waals surface area contributed by atoms with Gasteiger partial charge in [-0.1, -0.05) is 79.7 Å². The molecular weight excluding hydrogens is 398 g/mol. The van der Waals surface area contributed by atoms with E-state index in [1.54, 1.807) is 0 Å². The van der Waals surface area contributed by atoms with Crippen LogP contribution in [-0.4, -0.2) is 16.0 Å². The molecule has 0 atom stereocenters. The molecule has 0 spiro atoms. The number of rotatable bonds is 8. The maximum Gasteiger partial charge on any atom is 0.257 e. The average molecular weight is 426 g/mol. The number of hydrogen-bond donors (Lipinski definition) is 1. The molecule has 0 bridgehead atoms. The third-order valence-electron chi connectivity index (χ3n) is 5.72. The highest BCUT2D eigenvalue weighted by atomic mass is 16.5. The second-order valence-electron chi connectivity index (χ2n) is 7.79. The van der Waals surface area contributed by atoms with E-state index in [1.807, 2.05) is 74.5 Å². The van der Waals surface area contributed by atoms with E-state index in [2.05, 4.69) is 34.7 Å². The number of nitrogens with one attached hydrogen (secondary N) is 1. The highest BCUT2D eigenvalue weighted by molar-refractivity contribution is 5.92. The second-order valence-corrected chi connectivity index (χ2v) is 7.79. The van der Waals surface area contributed by atoms with Crippen LogP contribution in [0.5, 0.6) is 0 Å². The first kappa shape index (κ1) is 21.5. The van der Waals surface area contributed by atoms with E-state index in [0.29, 0.717) is 11.7 Å². The van der Waals surface area contributed by atoms with Crippen LogP contribution in [0.15, 0.2) is 89.5 Å². The van der Waals surface area contributed by atoms with Crippen molar-refractivity contribution < 1.29 is 9.32 Å². The summed E-state index contributed by atoms with van der Waals surface area (Å²) in [4.78, 5) is 17.0. The van der Waals surface area contributed by atoms with Crippen LogP contribution in [0.1, 0.15) is 49.6 Å². The lowest BCUT2D eigenvalue weighted by Crippen LogP contribution is -2.21. The standard InChI is InChI=1S/C27H27N3O2/c1-3-19(4-2)26(31)28-23-17-15-22(16-18-23)27-29-25(30-32-27)24(20-11-7-5-8-12-20)21-13-9-6-10-14-21/h5-19,24H,3-4H2,1-2H3,(H,28,31). The summed E-state index contributed by atoms with van der Waals surface area (Å²) in [5.41, 5.74) is 3.78. The average Bonchev–Trinajstić information content (AvgIpc) is 3.31. The van der Waals surface area contributed by atoms with Gasteiger partial charge in [-0.2, -0.15) is 4.98 Å². The van der Waals surface area contributed by atoms with Gasteiger partial charge in [-0.05, 0) is 48.2 Å². The second kappa shape index (κ2) is 10.1. The first-order valence-corrected chi connectivity index (χ1v) is 11.0. The molecule has 4 aromatic rings. The fourth-order valence-corrected chi connectivity index (χ4v) is 3.85. The molecule has 1 heterocycles. The van der Waals surface area contributed by atoms with Crippen molar-refractivity contribution in [2.75, 3.05) is 5.32 Å². The molecule has 0 aliphatic carbocycles. The molecule has 0 aliphatic rings. The van der Waals surface area contributed by atoms with Gasteiger partial charge >= 0.3 is 0 Å². The largest absolute Gasteiger partial charge is 0.334 e. The molecule has 0 radical (unpaired) electrons. The first-order chi connectivity index (χ1) is 15.7. The molecule has 5 heteroatoms. The van der Waals surface area contributed by atoms with Gasteiger partial charge in [0, 0.05) is 17.2 Å². The molecule has 0 saturated heterocycles. The minimum absolute atomic E-state index is 0.0288. The van der Waals surface area contributed by atoms with Gasteiger partial charge in [0.25, 0.3) is 5.89 Å². The van der Waals surface area contributed by atoms with E-state index < -0.39 is 0 Å². The van der Waals surface area contributed by atoms with E-state index in [4.69, 9.17) is 9.51 Å². The fraction of sp³-hybridized carbons (Fsp3) is 0.222. The van der Waals surface area contributed by atoms with Crippen molar-refractivity contribution in [1.29, 1.82) is 0 Å². The highest BCUT2D eigenvalue weighted by Gasteiger charge is 2.23. The Morgan fingerprint density at radius 1 is 0.844 bits per heavy atom. The zero-order valence-corrected chi connectivity index (χ0v) is 18.4. The molecule has 1 amide bonds. The van der Waals surface area contributed by atoms with Gasteiger partial charge in [0.05, 0.1) is 5.92 Å². The summed E-state index contributed by atoms with van der Waals surface area (Å²) in [6, 6.07) is 27.9. The number of carbonyl (C=O) groups excluding carboxylic acids is 1. The fourth-order valence-electron chi connectivity index (χ4n) is 3.85. The Balaban J connectivity index is 1.58. The number of benzene rings is 3. The highest BCUT2D eigenvalue weighted by Crippen LogP contribution is 2.31. The molecule has 0 saturated carbocycles. The number of carbonyl (C=O) groups is 1. The molecule has 32 heavy (non-hydrogen) atoms. The van der Waals surface area contributed by atoms with Crippen LogP contribution in [0.4, 0.5) is 5.69 Å². The summed E-state index contributed by atoms with van der Waals surface area (Å²) in [7, 11) is 0. The molecular formula is C27H27N3O2. The predicted octanol–water partition coefficient (Wildman–Crippen LogP) is 6.29. The minimum atomic E-state index is -0.117. The van der Waals surface area contributed by atoms with Gasteiger partial charge in [0.15, 0.2) is 5.82 Å². The molecule has 4 rings (SSSR count). The summed E-state index contributed by atoms with van der Waals surface area (Å²) in [5.74, 6) is 1.03. The van der Waals surface area contributed by atoms with Crippen LogP contribution in [0.25, 0.3) is 11.5 Å². The zero-order valence-electron chi connectivity index (χ0n) is 18.4. The Bertz CT molecular complexity index is 1100. The third kappa shape index (κ3) is 4.78. The van der Waals surface area contributed by atoms with Crippen LogP contribution in [0.3, 0.4) is 0 Å². The van der Waals surface area contributed by atoms with Gasteiger partial charge in [-0.3, -0.25) is 4.79 Å². The van der Waals surface area contributed by atoms with Crippen molar-refractivity contribution in [1.82, 2.24) is 10.1 Å². The lowest BCUT2D eigenvalue weighted by atomic mass is 9.91. The molecule has 5 nitrogen and oxygen atoms in total. The first-order valence-electron chi connectivity index (χ1n) is 11.0. The lowest BCUT2D eigenvalue weighted by molar-refractivity contribution is -0.120. The summed E-state index contributed by atoms with van der Waals surface area (Å²) in [5, 5.41) is 7.29. The van der Waals surface area contributed by atoms with Gasteiger partial charge < -0.3 is 9.84 Å². The Morgan fingerprint density at radius 2 is 1.41 bits per heavy atom. The molecule has 1 N–H and O–H groups in total. The van der Waals surface area contributed by atoms with E-state index in [0.717, 1.165) is 35.2 Å². The van der Waals surface area contributed by atoms with Crippen molar-refractivity contribution in [2.24, 2.45) is 5.92 Å². The van der Waals surface area contributed by atoms with Crippen molar-refractivity contribution in [3.63, 3.8) is 0 Å². The molecule has 0 fully saturated rings. The van der Waals surface area contributed by atoms with Gasteiger partial charge in [-0.15, -0.1) is 0 Å². The van der Waals surface area contributed by atoms with Gasteiger partial charge in [0.1, 0.15) is 0 Å². The lowest BCUT2D eigenvalue weighted by Gasteiger charge is -2.14. The summed E-state index contributed by atoms with van der Waals surface area (Å²) < 4.78 is 5.62. The maximum absolute atomic E-state index is 12.3. The molecule has 1 aromatic heterocycles. The number of amides is 1. The molecule has 0 unspecified atom stereocenters. The quantitative estimate of drug-likeness (QED) is 0.360. The van der Waals surface area contributed by atoms with E-state index in [1.165, 1.54) is 0 Å². The van der Waals surface area contributed by atoms with Crippen molar-refractivity contribution >= 4 is 11.6 Å². The molecule has 3 aromatic carbocycles. The van der Waals surface area contributed by atoms with Gasteiger partial charge in [0.2, 0.25) is 5.91 Å². The summed E-state index contributed by atoms with van der Waals surface area (Å²) in [6.07, 6.45) is 1.66. The Kier molecular flexibility index (Phi) is 6.75. The Morgan fingerprint density at radius 3 is 1.94 bits per heavy atom. The van der Waals surface area contributed by atoms with Gasteiger partial charge in [-0.25, -0.2) is 0 Å². The van der Waals surface area contributed by atoms with E-state index >= 15 is 0 Å². The van der Waals surface area contributed by atoms with Crippen LogP contribution in [0.2, 0.25) is 0 Å². The molecule has 162 valence electrons. The van der Waals surface area contributed by atoms with Crippen LogP contribution < -0.4 is 5.32 Å². The van der Waals surface area contributed by atoms with E-state index in [9.17, 15) is 4.79 Å². The SMILES string of the molecule is CCC(CC)C(=O)Nc1ccc(-c2nc(C(c3ccccc3)c3ccccc3)no2)cc1. The molecule has 0 aliphatic heterocycles. The zero-order chi connectivity index (χ0) is 22.3. The minimum Gasteiger partial charge on any atom is -0.334 e. The monoisotopic (exact) mass is 425 g/mol. The smallest absolute Gasteiger partial charge is 0.257 e. The van der Waals surface area contributed by atoms with Crippen molar-refractivity contribution in [2.45, 2.75) is 32.6 Å². The Hall–Kier alpha value is -3.73. The Labute approximate surface area is 188 Å². The number of anilines is 1. The number of aromatic nitrogens is 2. The van der Waals surface area contributed by atoms with Crippen molar-refractivity contribution in [3.05, 3.63) is 102 Å². The third-order valence-corrected chi connectivity index (χ3v) is 5.72. The van der Waals surface area contributed by atoms with Crippen LogP contribution >= 0.6 is 0 Å². The number of hydrogen-bond acceptors (Lipinski definition) is 4. The van der Waals surface area contributed by atoms with E-state index in [-0.39, 0.29) is 17.7 Å². The number of nitrogens with zero attached hydrogens (tertiary/aromatic N) is 2.